The van der Waals surface area contributed by atoms with Crippen molar-refractivity contribution in [1.29, 1.82) is 0 Å². The molecule has 9 nitrogen and oxygen atoms in total. The van der Waals surface area contributed by atoms with Crippen molar-refractivity contribution in [1.82, 2.24) is 39.8 Å². The normalized spacial score (nSPS) is 12.2. The van der Waals surface area contributed by atoms with Gasteiger partial charge in [-0.3, -0.25) is 4.79 Å². The molecule has 182 valence electrons. The van der Waals surface area contributed by atoms with Crippen molar-refractivity contribution in [3.63, 3.8) is 0 Å². The topological polar surface area (TPSA) is 85.0 Å². The van der Waals surface area contributed by atoms with Crippen LogP contribution in [0.15, 0.2) is 61.1 Å². The number of aromatic nitrogens is 6. The maximum atomic E-state index is 13.9. The van der Waals surface area contributed by atoms with E-state index < -0.39 is 0 Å². The third-order valence-electron chi connectivity index (χ3n) is 5.80. The van der Waals surface area contributed by atoms with Gasteiger partial charge >= 0.3 is 0 Å². The summed E-state index contributed by atoms with van der Waals surface area (Å²) in [5, 5.41) is 17.0. The summed E-state index contributed by atoms with van der Waals surface area (Å²) < 4.78 is 15.0. The Morgan fingerprint density at radius 2 is 1.77 bits per heavy atom. The van der Waals surface area contributed by atoms with E-state index in [9.17, 15) is 9.18 Å². The monoisotopic (exact) mass is 476 g/mol. The van der Waals surface area contributed by atoms with Gasteiger partial charge in [0.25, 0.3) is 5.91 Å². The molecule has 0 saturated heterocycles. The maximum absolute atomic E-state index is 13.9. The van der Waals surface area contributed by atoms with Crippen LogP contribution in [0.25, 0.3) is 16.9 Å². The SMILES string of the molecule is Cc1cccc(C(=O)N(CCN(C)C)[C@@H](C)Cn2cc(-c3ccc(F)cc3)nn2)c1-n1nccn1. The molecule has 0 saturated carbocycles. The van der Waals surface area contributed by atoms with Crippen LogP contribution in [0.2, 0.25) is 0 Å². The van der Waals surface area contributed by atoms with Gasteiger partial charge in [0.15, 0.2) is 0 Å². The molecule has 2 aromatic carbocycles. The number of halogens is 1. The van der Waals surface area contributed by atoms with Crippen LogP contribution in [0.3, 0.4) is 0 Å². The summed E-state index contributed by atoms with van der Waals surface area (Å²) in [6, 6.07) is 11.6. The van der Waals surface area contributed by atoms with Crippen LogP contribution in [0.4, 0.5) is 4.39 Å². The smallest absolute Gasteiger partial charge is 0.256 e. The Hall–Kier alpha value is -3.92. The Bertz CT molecular complexity index is 1270. The number of benzene rings is 2. The van der Waals surface area contributed by atoms with Crippen molar-refractivity contribution < 1.29 is 9.18 Å². The fraction of sp³-hybridized carbons (Fsp3) is 0.320. The quantitative estimate of drug-likeness (QED) is 0.369. The summed E-state index contributed by atoms with van der Waals surface area (Å²) >= 11 is 0. The number of likely N-dealkylation sites (N-methyl/N-ethyl adjacent to an activating group) is 1. The van der Waals surface area contributed by atoms with Crippen molar-refractivity contribution >= 4 is 5.91 Å². The van der Waals surface area contributed by atoms with Gasteiger partial charge in [-0.15, -0.1) is 5.10 Å². The minimum Gasteiger partial charge on any atom is -0.333 e. The molecule has 4 aromatic rings. The Labute approximate surface area is 203 Å². The zero-order chi connectivity index (χ0) is 24.9. The average Bonchev–Trinajstić information content (AvgIpc) is 3.52. The summed E-state index contributed by atoms with van der Waals surface area (Å²) in [7, 11) is 3.96. The van der Waals surface area contributed by atoms with Crippen LogP contribution in [-0.4, -0.2) is 78.9 Å². The molecule has 2 aromatic heterocycles. The van der Waals surface area contributed by atoms with Crippen molar-refractivity contribution in [2.24, 2.45) is 0 Å². The number of nitrogens with zero attached hydrogens (tertiary/aromatic N) is 8. The summed E-state index contributed by atoms with van der Waals surface area (Å²) in [4.78, 5) is 19.3. The van der Waals surface area contributed by atoms with E-state index in [-0.39, 0.29) is 17.8 Å². The zero-order valence-corrected chi connectivity index (χ0v) is 20.3. The predicted molar refractivity (Wildman–Crippen MR) is 131 cm³/mol. The standard InChI is InChI=1S/C25H29FN8O/c1-18-6-5-7-22(24(18)34-27-12-13-28-34)25(35)33(15-14-31(3)4)19(2)16-32-17-23(29-30-32)20-8-10-21(26)11-9-20/h5-13,17,19H,14-16H2,1-4H3/t19-/m0/s1. The molecule has 0 spiro atoms. The van der Waals surface area contributed by atoms with Crippen molar-refractivity contribution in [2.45, 2.75) is 26.4 Å². The van der Waals surface area contributed by atoms with Crippen molar-refractivity contribution in [3.05, 3.63) is 78.0 Å². The lowest BCUT2D eigenvalue weighted by atomic mass is 10.1. The molecule has 0 unspecified atom stereocenters. The van der Waals surface area contributed by atoms with E-state index in [4.69, 9.17) is 0 Å². The Balaban J connectivity index is 1.60. The molecule has 0 aliphatic carbocycles. The summed E-state index contributed by atoms with van der Waals surface area (Å²) in [6.45, 7) is 5.63. The second-order valence-electron chi connectivity index (χ2n) is 8.77. The Morgan fingerprint density at radius 1 is 1.06 bits per heavy atom. The van der Waals surface area contributed by atoms with Crippen LogP contribution in [0.1, 0.15) is 22.8 Å². The molecule has 35 heavy (non-hydrogen) atoms. The molecule has 0 fully saturated rings. The van der Waals surface area contributed by atoms with Gasteiger partial charge in [-0.2, -0.15) is 15.0 Å². The third-order valence-corrected chi connectivity index (χ3v) is 5.80. The summed E-state index contributed by atoms with van der Waals surface area (Å²) in [5.41, 5.74) is 3.55. The Kier molecular flexibility index (Phi) is 7.31. The number of rotatable bonds is 9. The number of amides is 1. The van der Waals surface area contributed by atoms with E-state index in [0.717, 1.165) is 11.1 Å². The van der Waals surface area contributed by atoms with Crippen LogP contribution < -0.4 is 0 Å². The van der Waals surface area contributed by atoms with E-state index in [2.05, 4.69) is 20.5 Å². The van der Waals surface area contributed by atoms with E-state index >= 15 is 0 Å². The second kappa shape index (κ2) is 10.6. The fourth-order valence-corrected chi connectivity index (χ4v) is 3.92. The van der Waals surface area contributed by atoms with Crippen LogP contribution >= 0.6 is 0 Å². The molecule has 0 bridgehead atoms. The Morgan fingerprint density at radius 3 is 2.46 bits per heavy atom. The van der Waals surface area contributed by atoms with Gasteiger partial charge in [0.2, 0.25) is 0 Å². The second-order valence-corrected chi connectivity index (χ2v) is 8.77. The zero-order valence-electron chi connectivity index (χ0n) is 20.3. The molecule has 1 amide bonds. The van der Waals surface area contributed by atoms with Crippen molar-refractivity contribution in [3.8, 4) is 16.9 Å². The van der Waals surface area contributed by atoms with E-state index in [1.807, 2.05) is 62.1 Å². The van der Waals surface area contributed by atoms with Crippen LogP contribution in [-0.2, 0) is 6.54 Å². The van der Waals surface area contributed by atoms with Gasteiger partial charge in [0.1, 0.15) is 17.2 Å². The number of carbonyl (C=O) groups is 1. The minimum atomic E-state index is -0.300. The maximum Gasteiger partial charge on any atom is 0.256 e. The molecule has 1 atom stereocenters. The minimum absolute atomic E-state index is 0.103. The lowest BCUT2D eigenvalue weighted by molar-refractivity contribution is 0.0657. The van der Waals surface area contributed by atoms with Gasteiger partial charge in [-0.1, -0.05) is 17.3 Å². The van der Waals surface area contributed by atoms with E-state index in [0.29, 0.717) is 36.6 Å². The first-order valence-electron chi connectivity index (χ1n) is 11.4. The molecule has 0 aliphatic rings. The lowest BCUT2D eigenvalue weighted by Gasteiger charge is -2.31. The molecule has 4 rings (SSSR count). The number of hydrogen-bond acceptors (Lipinski definition) is 6. The van der Waals surface area contributed by atoms with Crippen LogP contribution in [0, 0.1) is 12.7 Å². The first kappa shape index (κ1) is 24.2. The molecule has 10 heteroatoms. The number of carbonyl (C=O) groups excluding carboxylic acids is 1. The van der Waals surface area contributed by atoms with Gasteiger partial charge in [-0.05, 0) is 63.8 Å². The largest absolute Gasteiger partial charge is 0.333 e. The molecular formula is C25H29FN8O. The molecule has 0 N–H and O–H groups in total. The summed E-state index contributed by atoms with van der Waals surface area (Å²) in [5.74, 6) is -0.403. The number of para-hydroxylation sites is 1. The summed E-state index contributed by atoms with van der Waals surface area (Å²) in [6.07, 6.45) is 5.00. The predicted octanol–water partition coefficient (Wildman–Crippen LogP) is 3.07. The van der Waals surface area contributed by atoms with Gasteiger partial charge in [0.05, 0.1) is 30.7 Å². The third kappa shape index (κ3) is 5.60. The number of hydrogen-bond donors (Lipinski definition) is 0. The molecule has 0 aliphatic heterocycles. The highest BCUT2D eigenvalue weighted by Gasteiger charge is 2.26. The highest BCUT2D eigenvalue weighted by molar-refractivity contribution is 5.98. The molecule has 2 heterocycles. The van der Waals surface area contributed by atoms with Gasteiger partial charge in [-0.25, -0.2) is 9.07 Å². The van der Waals surface area contributed by atoms with E-state index in [1.54, 1.807) is 29.2 Å². The van der Waals surface area contributed by atoms with Crippen LogP contribution in [0.5, 0.6) is 0 Å². The van der Waals surface area contributed by atoms with E-state index in [1.165, 1.54) is 16.9 Å². The highest BCUT2D eigenvalue weighted by Crippen LogP contribution is 2.22. The van der Waals surface area contributed by atoms with Gasteiger partial charge < -0.3 is 9.80 Å². The average molecular weight is 477 g/mol. The molecular weight excluding hydrogens is 447 g/mol. The van der Waals surface area contributed by atoms with Gasteiger partial charge in [0, 0.05) is 24.7 Å². The highest BCUT2D eigenvalue weighted by atomic mass is 19.1. The first-order valence-corrected chi connectivity index (χ1v) is 11.4. The fourth-order valence-electron chi connectivity index (χ4n) is 3.92. The lowest BCUT2D eigenvalue weighted by Crippen LogP contribution is -2.44. The molecule has 0 radical (unpaired) electrons. The number of aryl methyl sites for hydroxylation is 1. The van der Waals surface area contributed by atoms with Crippen molar-refractivity contribution in [2.75, 3.05) is 27.2 Å². The first-order chi connectivity index (χ1) is 16.8.